The lowest BCUT2D eigenvalue weighted by Gasteiger charge is -2.19. The van der Waals surface area contributed by atoms with Gasteiger partial charge in [-0.1, -0.05) is 0 Å². The molecule has 5 heteroatoms. The maximum atomic E-state index is 11.8. The minimum atomic E-state index is -0.553. The highest BCUT2D eigenvalue weighted by atomic mass is 16.7. The number of hydrogen-bond donors (Lipinski definition) is 0. The van der Waals surface area contributed by atoms with Crippen LogP contribution in [0.15, 0.2) is 24.5 Å². The molecule has 1 aromatic rings. The summed E-state index contributed by atoms with van der Waals surface area (Å²) in [5.74, 6) is 0.434. The Kier molecular flexibility index (Phi) is 3.36. The molecular weight excluding hydrogens is 208 g/mol. The van der Waals surface area contributed by atoms with Crippen molar-refractivity contribution >= 4 is 5.91 Å². The van der Waals surface area contributed by atoms with Gasteiger partial charge in [0.05, 0.1) is 19.3 Å². The predicted molar refractivity (Wildman–Crippen MR) is 56.6 cm³/mol. The first-order valence-electron chi connectivity index (χ1n) is 5.28. The predicted octanol–water partition coefficient (Wildman–Crippen LogP) is 1.01. The summed E-state index contributed by atoms with van der Waals surface area (Å²) < 4.78 is 5.45. The van der Waals surface area contributed by atoms with Crippen LogP contribution in [-0.4, -0.2) is 35.2 Å². The van der Waals surface area contributed by atoms with Crippen LogP contribution in [0.4, 0.5) is 0 Å². The lowest BCUT2D eigenvalue weighted by molar-refractivity contribution is -0.175. The van der Waals surface area contributed by atoms with Crippen molar-refractivity contribution in [3.8, 4) is 5.75 Å². The third kappa shape index (κ3) is 2.49. The van der Waals surface area contributed by atoms with E-state index < -0.39 is 6.10 Å². The molecule has 1 fully saturated rings. The third-order valence-corrected chi connectivity index (χ3v) is 2.29. The number of hydrogen-bond acceptors (Lipinski definition) is 4. The standard InChI is InChI=1S/C11H14N2O3/c1-9(11(14)13-6-3-7-15-13)16-10-4-2-5-12-8-10/h2,4-5,8-9H,3,6-7H2,1H3/t9-/m1/s1. The molecule has 16 heavy (non-hydrogen) atoms. The fraction of sp³-hybridized carbons (Fsp3) is 0.455. The van der Waals surface area contributed by atoms with Crippen LogP contribution in [0, 0.1) is 0 Å². The van der Waals surface area contributed by atoms with Crippen molar-refractivity contribution in [3.63, 3.8) is 0 Å². The van der Waals surface area contributed by atoms with Crippen molar-refractivity contribution in [2.75, 3.05) is 13.2 Å². The summed E-state index contributed by atoms with van der Waals surface area (Å²) in [6.07, 6.45) is 3.56. The Balaban J connectivity index is 1.92. The number of hydroxylamine groups is 2. The van der Waals surface area contributed by atoms with Crippen molar-refractivity contribution in [1.82, 2.24) is 10.0 Å². The van der Waals surface area contributed by atoms with Gasteiger partial charge in [-0.25, -0.2) is 5.06 Å². The van der Waals surface area contributed by atoms with Gasteiger partial charge in [0.2, 0.25) is 0 Å². The molecule has 0 spiro atoms. The van der Waals surface area contributed by atoms with E-state index in [0.717, 1.165) is 6.42 Å². The van der Waals surface area contributed by atoms with Crippen LogP contribution < -0.4 is 4.74 Å². The van der Waals surface area contributed by atoms with E-state index in [9.17, 15) is 4.79 Å². The molecule has 0 radical (unpaired) electrons. The zero-order chi connectivity index (χ0) is 11.4. The van der Waals surface area contributed by atoms with E-state index in [-0.39, 0.29) is 5.91 Å². The second-order valence-electron chi connectivity index (χ2n) is 3.58. The van der Waals surface area contributed by atoms with Gasteiger partial charge in [-0.3, -0.25) is 14.6 Å². The second kappa shape index (κ2) is 4.94. The molecule has 0 saturated carbocycles. The molecule has 0 aliphatic carbocycles. The first kappa shape index (κ1) is 10.9. The molecule has 0 N–H and O–H groups in total. The molecular formula is C11H14N2O3. The molecule has 5 nitrogen and oxygen atoms in total. The van der Waals surface area contributed by atoms with Gasteiger partial charge in [-0.05, 0) is 25.5 Å². The number of carbonyl (C=O) groups excluding carboxylic acids is 1. The smallest absolute Gasteiger partial charge is 0.286 e. The summed E-state index contributed by atoms with van der Waals surface area (Å²) in [5, 5.41) is 1.36. The fourth-order valence-electron chi connectivity index (χ4n) is 1.50. The average Bonchev–Trinajstić information content (AvgIpc) is 2.83. The highest BCUT2D eigenvalue weighted by Gasteiger charge is 2.25. The maximum Gasteiger partial charge on any atom is 0.286 e. The van der Waals surface area contributed by atoms with Gasteiger partial charge in [0.25, 0.3) is 5.91 Å². The van der Waals surface area contributed by atoms with Crippen LogP contribution in [0.1, 0.15) is 13.3 Å². The molecule has 1 amide bonds. The molecule has 2 rings (SSSR count). The van der Waals surface area contributed by atoms with Crippen LogP contribution in [0.5, 0.6) is 5.75 Å². The van der Waals surface area contributed by atoms with Crippen molar-refractivity contribution in [1.29, 1.82) is 0 Å². The van der Waals surface area contributed by atoms with Gasteiger partial charge < -0.3 is 4.74 Å². The summed E-state index contributed by atoms with van der Waals surface area (Å²) in [5.41, 5.74) is 0. The second-order valence-corrected chi connectivity index (χ2v) is 3.58. The van der Waals surface area contributed by atoms with Gasteiger partial charge in [-0.2, -0.15) is 0 Å². The normalized spacial score (nSPS) is 17.2. The summed E-state index contributed by atoms with van der Waals surface area (Å²) >= 11 is 0. The van der Waals surface area contributed by atoms with Crippen LogP contribution in [0.2, 0.25) is 0 Å². The van der Waals surface area contributed by atoms with E-state index in [0.29, 0.717) is 18.9 Å². The SMILES string of the molecule is C[C@@H](Oc1cccnc1)C(=O)N1CCCO1. The van der Waals surface area contributed by atoms with E-state index in [2.05, 4.69) is 4.98 Å². The molecule has 0 aromatic carbocycles. The average molecular weight is 222 g/mol. The molecule has 0 bridgehead atoms. The van der Waals surface area contributed by atoms with Gasteiger partial charge in [-0.15, -0.1) is 0 Å². The van der Waals surface area contributed by atoms with Gasteiger partial charge in [0.15, 0.2) is 6.10 Å². The van der Waals surface area contributed by atoms with Gasteiger partial charge >= 0.3 is 0 Å². The number of nitrogens with zero attached hydrogens (tertiary/aromatic N) is 2. The van der Waals surface area contributed by atoms with E-state index >= 15 is 0 Å². The summed E-state index contributed by atoms with van der Waals surface area (Å²) in [7, 11) is 0. The molecule has 0 unspecified atom stereocenters. The topological polar surface area (TPSA) is 51.7 Å². The minimum Gasteiger partial charge on any atom is -0.479 e. The molecule has 1 aromatic heterocycles. The Morgan fingerprint density at radius 3 is 3.19 bits per heavy atom. The Bertz CT molecular complexity index is 350. The summed E-state index contributed by atoms with van der Waals surface area (Å²) in [6.45, 7) is 2.95. The van der Waals surface area contributed by atoms with Crippen LogP contribution in [0.3, 0.4) is 0 Å². The number of amides is 1. The zero-order valence-corrected chi connectivity index (χ0v) is 9.13. The summed E-state index contributed by atoms with van der Waals surface area (Å²) in [6, 6.07) is 3.53. The minimum absolute atomic E-state index is 0.152. The number of carbonyl (C=O) groups is 1. The van der Waals surface area contributed by atoms with E-state index in [1.54, 1.807) is 31.5 Å². The van der Waals surface area contributed by atoms with Crippen molar-refractivity contribution in [2.24, 2.45) is 0 Å². The lowest BCUT2D eigenvalue weighted by Crippen LogP contribution is -2.37. The summed E-state index contributed by atoms with van der Waals surface area (Å²) in [4.78, 5) is 20.9. The van der Waals surface area contributed by atoms with Crippen molar-refractivity contribution in [3.05, 3.63) is 24.5 Å². The third-order valence-electron chi connectivity index (χ3n) is 2.29. The molecule has 1 saturated heterocycles. The number of rotatable bonds is 3. The number of ether oxygens (including phenoxy) is 1. The first-order valence-corrected chi connectivity index (χ1v) is 5.28. The molecule has 2 heterocycles. The monoisotopic (exact) mass is 222 g/mol. The van der Waals surface area contributed by atoms with Gasteiger partial charge in [0, 0.05) is 6.20 Å². The lowest BCUT2D eigenvalue weighted by atomic mass is 10.3. The van der Waals surface area contributed by atoms with Crippen LogP contribution in [-0.2, 0) is 9.63 Å². The maximum absolute atomic E-state index is 11.8. The van der Waals surface area contributed by atoms with E-state index in [1.807, 2.05) is 0 Å². The first-order chi connectivity index (χ1) is 7.77. The fourth-order valence-corrected chi connectivity index (χ4v) is 1.50. The largest absolute Gasteiger partial charge is 0.479 e. The van der Waals surface area contributed by atoms with Gasteiger partial charge in [0.1, 0.15) is 5.75 Å². The van der Waals surface area contributed by atoms with Crippen LogP contribution in [0.25, 0.3) is 0 Å². The molecule has 86 valence electrons. The zero-order valence-electron chi connectivity index (χ0n) is 9.13. The molecule has 1 atom stereocenters. The van der Waals surface area contributed by atoms with Crippen molar-refractivity contribution in [2.45, 2.75) is 19.4 Å². The number of pyridine rings is 1. The highest BCUT2D eigenvalue weighted by molar-refractivity contribution is 5.80. The Morgan fingerprint density at radius 2 is 2.56 bits per heavy atom. The van der Waals surface area contributed by atoms with Crippen LogP contribution >= 0.6 is 0 Å². The Morgan fingerprint density at radius 1 is 1.69 bits per heavy atom. The Labute approximate surface area is 93.9 Å². The van der Waals surface area contributed by atoms with Crippen molar-refractivity contribution < 1.29 is 14.4 Å². The molecule has 1 aliphatic heterocycles. The quantitative estimate of drug-likeness (QED) is 0.766. The Hall–Kier alpha value is -1.62. The van der Waals surface area contributed by atoms with E-state index in [4.69, 9.17) is 9.57 Å². The highest BCUT2D eigenvalue weighted by Crippen LogP contribution is 2.12. The van der Waals surface area contributed by atoms with E-state index in [1.165, 1.54) is 5.06 Å². The number of aromatic nitrogens is 1. The molecule has 1 aliphatic rings.